The first-order valence-electron chi connectivity index (χ1n) is 3.60. The molecule has 0 saturated heterocycles. The number of nitrogens with zero attached hydrogens (tertiary/aromatic N) is 3. The lowest BCUT2D eigenvalue weighted by Gasteiger charge is -2.37. The van der Waals surface area contributed by atoms with Crippen LogP contribution in [0.2, 0.25) is 0 Å². The van der Waals surface area contributed by atoms with Crippen molar-refractivity contribution in [3.8, 4) is 0 Å². The van der Waals surface area contributed by atoms with Crippen LogP contribution in [0.4, 0.5) is 0 Å². The van der Waals surface area contributed by atoms with E-state index in [0.717, 1.165) is 0 Å². The Labute approximate surface area is 64.1 Å². The van der Waals surface area contributed by atoms with Crippen molar-refractivity contribution in [3.05, 3.63) is 0 Å². The highest BCUT2D eigenvalue weighted by atomic mass is 15.8. The van der Waals surface area contributed by atoms with Gasteiger partial charge in [-0.15, -0.1) is 0 Å². The third kappa shape index (κ3) is 2.64. The second-order valence-corrected chi connectivity index (χ2v) is 3.11. The molecule has 0 atom stereocenters. The molecule has 0 amide bonds. The van der Waals surface area contributed by atoms with E-state index < -0.39 is 0 Å². The summed E-state index contributed by atoms with van der Waals surface area (Å²) in [5, 5.41) is 6.31. The fourth-order valence-corrected chi connectivity index (χ4v) is 1.28. The highest BCUT2D eigenvalue weighted by Gasteiger charge is 2.12. The summed E-state index contributed by atoms with van der Waals surface area (Å²) in [7, 11) is 8.17. The smallest absolute Gasteiger partial charge is 0.0348 e. The highest BCUT2D eigenvalue weighted by Crippen LogP contribution is 2.00. The number of hydrogen-bond donors (Lipinski definition) is 0. The van der Waals surface area contributed by atoms with Crippen molar-refractivity contribution in [3.63, 3.8) is 0 Å². The van der Waals surface area contributed by atoms with Crippen LogP contribution in [0.25, 0.3) is 0 Å². The van der Waals surface area contributed by atoms with E-state index in [9.17, 15) is 0 Å². The molecule has 62 valence electrons. The van der Waals surface area contributed by atoms with Crippen LogP contribution in [0.3, 0.4) is 0 Å². The second kappa shape index (κ2) is 3.91. The van der Waals surface area contributed by atoms with Gasteiger partial charge in [0.25, 0.3) is 0 Å². The van der Waals surface area contributed by atoms with Gasteiger partial charge in [-0.1, -0.05) is 0 Å². The van der Waals surface area contributed by atoms with E-state index in [1.165, 1.54) is 0 Å². The third-order valence-corrected chi connectivity index (χ3v) is 1.28. The molecule has 0 aromatic rings. The van der Waals surface area contributed by atoms with Crippen molar-refractivity contribution in [1.82, 2.24) is 15.1 Å². The van der Waals surface area contributed by atoms with Gasteiger partial charge >= 0.3 is 0 Å². The van der Waals surface area contributed by atoms with Gasteiger partial charge in [0.15, 0.2) is 0 Å². The first-order valence-corrected chi connectivity index (χ1v) is 3.60. The van der Waals surface area contributed by atoms with Crippen molar-refractivity contribution in [2.75, 3.05) is 28.2 Å². The van der Waals surface area contributed by atoms with Crippen LogP contribution < -0.4 is 0 Å². The average Bonchev–Trinajstić information content (AvgIpc) is 1.59. The first kappa shape index (κ1) is 9.88. The van der Waals surface area contributed by atoms with E-state index in [1.54, 1.807) is 0 Å². The maximum atomic E-state index is 2.17. The van der Waals surface area contributed by atoms with Gasteiger partial charge in [-0.05, 0) is 13.8 Å². The standard InChI is InChI=1S/C7H19N3/c1-7(2)10(8(3)4)9(5)6/h7H,1-6H3. The molecule has 3 heteroatoms. The van der Waals surface area contributed by atoms with Crippen LogP contribution >= 0.6 is 0 Å². The fourth-order valence-electron chi connectivity index (χ4n) is 1.28. The second-order valence-electron chi connectivity index (χ2n) is 3.11. The van der Waals surface area contributed by atoms with Crippen molar-refractivity contribution < 1.29 is 0 Å². The summed E-state index contributed by atoms with van der Waals surface area (Å²) in [4.78, 5) is 0. The van der Waals surface area contributed by atoms with Crippen LogP contribution in [-0.4, -0.2) is 49.4 Å². The lowest BCUT2D eigenvalue weighted by molar-refractivity contribution is -0.156. The lowest BCUT2D eigenvalue weighted by atomic mass is 10.4. The zero-order valence-corrected chi connectivity index (χ0v) is 7.92. The molecule has 0 rings (SSSR count). The van der Waals surface area contributed by atoms with Gasteiger partial charge in [-0.25, -0.2) is 10.0 Å². The Kier molecular flexibility index (Phi) is 3.86. The molecule has 0 bridgehead atoms. The van der Waals surface area contributed by atoms with Crippen molar-refractivity contribution >= 4 is 0 Å². The van der Waals surface area contributed by atoms with Gasteiger partial charge in [0.05, 0.1) is 0 Å². The molecule has 0 aliphatic heterocycles. The Morgan fingerprint density at radius 2 is 1.10 bits per heavy atom. The Morgan fingerprint density at radius 3 is 1.10 bits per heavy atom. The maximum Gasteiger partial charge on any atom is 0.0348 e. The van der Waals surface area contributed by atoms with Crippen molar-refractivity contribution in [1.29, 1.82) is 0 Å². The van der Waals surface area contributed by atoms with Crippen molar-refractivity contribution in [2.24, 2.45) is 0 Å². The molecule has 0 aliphatic rings. The Hall–Kier alpha value is -0.120. The van der Waals surface area contributed by atoms with Crippen LogP contribution in [0.5, 0.6) is 0 Å². The lowest BCUT2D eigenvalue weighted by Crippen LogP contribution is -2.50. The SMILES string of the molecule is CC(C)N(N(C)C)N(C)C. The van der Waals surface area contributed by atoms with Gasteiger partial charge in [0.2, 0.25) is 0 Å². The van der Waals surface area contributed by atoms with Crippen LogP contribution in [0.15, 0.2) is 0 Å². The van der Waals surface area contributed by atoms with Gasteiger partial charge < -0.3 is 0 Å². The third-order valence-electron chi connectivity index (χ3n) is 1.28. The highest BCUT2D eigenvalue weighted by molar-refractivity contribution is 4.50. The van der Waals surface area contributed by atoms with Crippen molar-refractivity contribution in [2.45, 2.75) is 19.9 Å². The summed E-state index contributed by atoms with van der Waals surface area (Å²) in [5.41, 5.74) is 0. The fraction of sp³-hybridized carbons (Fsp3) is 1.00. The molecular weight excluding hydrogens is 126 g/mol. The molecule has 0 aromatic carbocycles. The van der Waals surface area contributed by atoms with E-state index in [2.05, 4.69) is 29.0 Å². The molecule has 0 spiro atoms. The minimum absolute atomic E-state index is 0.519. The average molecular weight is 145 g/mol. The van der Waals surface area contributed by atoms with Gasteiger partial charge in [-0.2, -0.15) is 5.12 Å². The van der Waals surface area contributed by atoms with Crippen LogP contribution in [-0.2, 0) is 0 Å². The Morgan fingerprint density at radius 1 is 0.800 bits per heavy atom. The maximum absolute atomic E-state index is 2.17. The van der Waals surface area contributed by atoms with E-state index in [4.69, 9.17) is 0 Å². The molecule has 0 radical (unpaired) electrons. The molecule has 0 saturated carbocycles. The summed E-state index contributed by atoms with van der Waals surface area (Å²) < 4.78 is 0. The zero-order valence-electron chi connectivity index (χ0n) is 7.92. The molecule has 0 unspecified atom stereocenters. The minimum Gasteiger partial charge on any atom is -0.234 e. The monoisotopic (exact) mass is 145 g/mol. The van der Waals surface area contributed by atoms with Crippen LogP contribution in [0.1, 0.15) is 13.8 Å². The molecule has 0 aromatic heterocycles. The van der Waals surface area contributed by atoms with E-state index in [0.29, 0.717) is 6.04 Å². The largest absolute Gasteiger partial charge is 0.234 e. The van der Waals surface area contributed by atoms with E-state index in [1.807, 2.05) is 28.2 Å². The molecular formula is C7H19N3. The minimum atomic E-state index is 0.519. The number of rotatable bonds is 3. The molecule has 0 N–H and O–H groups in total. The Balaban J connectivity index is 3.98. The summed E-state index contributed by atoms with van der Waals surface area (Å²) in [5.74, 6) is 0. The molecule has 0 heterocycles. The Bertz CT molecular complexity index is 69.8. The zero-order chi connectivity index (χ0) is 8.31. The molecule has 0 fully saturated rings. The molecule has 0 aliphatic carbocycles. The predicted octanol–water partition coefficient (Wildman–Crippen LogP) is 0.650. The molecule has 3 nitrogen and oxygen atoms in total. The summed E-state index contributed by atoms with van der Waals surface area (Å²) in [6, 6.07) is 0.519. The number of hydrogen-bond acceptors (Lipinski definition) is 3. The quantitative estimate of drug-likeness (QED) is 0.540. The number of hydrazine groups is 2. The molecule has 10 heavy (non-hydrogen) atoms. The van der Waals surface area contributed by atoms with E-state index in [-0.39, 0.29) is 0 Å². The van der Waals surface area contributed by atoms with Gasteiger partial charge in [-0.3, -0.25) is 0 Å². The van der Waals surface area contributed by atoms with Gasteiger partial charge in [0.1, 0.15) is 0 Å². The van der Waals surface area contributed by atoms with Gasteiger partial charge in [0, 0.05) is 34.2 Å². The first-order chi connectivity index (χ1) is 4.46. The summed E-state index contributed by atoms with van der Waals surface area (Å²) in [6.45, 7) is 4.33. The summed E-state index contributed by atoms with van der Waals surface area (Å²) in [6.07, 6.45) is 0. The normalized spacial score (nSPS) is 12.6. The van der Waals surface area contributed by atoms with E-state index >= 15 is 0 Å². The van der Waals surface area contributed by atoms with Crippen LogP contribution in [0, 0.1) is 0 Å². The topological polar surface area (TPSA) is 9.72 Å². The predicted molar refractivity (Wildman–Crippen MR) is 44.3 cm³/mol. The summed E-state index contributed by atoms with van der Waals surface area (Å²) >= 11 is 0.